The maximum absolute atomic E-state index is 11.9. The van der Waals surface area contributed by atoms with Crippen LogP contribution in [0.4, 0.5) is 0 Å². The van der Waals surface area contributed by atoms with Crippen molar-refractivity contribution in [2.24, 2.45) is 0 Å². The Morgan fingerprint density at radius 1 is 1.37 bits per heavy atom. The van der Waals surface area contributed by atoms with Crippen molar-refractivity contribution in [1.82, 2.24) is 10.2 Å². The van der Waals surface area contributed by atoms with Crippen molar-refractivity contribution < 1.29 is 24.3 Å². The summed E-state index contributed by atoms with van der Waals surface area (Å²) < 4.78 is -0.637. The Morgan fingerprint density at radius 2 is 1.95 bits per heavy atom. The molecule has 2 rings (SSSR count). The van der Waals surface area contributed by atoms with E-state index >= 15 is 0 Å². The molecule has 2 aliphatic heterocycles. The average Bonchev–Trinajstić information content (AvgIpc) is 2.54. The Morgan fingerprint density at radius 3 is 2.42 bits per heavy atom. The molecule has 2 heterocycles. The number of hydrogen-bond acceptors (Lipinski definition) is 5. The van der Waals surface area contributed by atoms with Gasteiger partial charge in [0.15, 0.2) is 0 Å². The summed E-state index contributed by atoms with van der Waals surface area (Å²) in [6.07, 6.45) is 0. The molecule has 7 nitrogen and oxygen atoms in total. The number of rotatable bonds is 3. The zero-order valence-electron chi connectivity index (χ0n) is 10.7. The van der Waals surface area contributed by atoms with Gasteiger partial charge >= 0.3 is 5.97 Å². The van der Waals surface area contributed by atoms with Gasteiger partial charge in [-0.05, 0) is 13.8 Å². The Balaban J connectivity index is 2.17. The number of nitrogens with one attached hydrogen (secondary N) is 1. The molecule has 3 atom stereocenters. The van der Waals surface area contributed by atoms with Crippen LogP contribution in [0.15, 0.2) is 0 Å². The number of aliphatic carboxylic acids is 1. The lowest BCUT2D eigenvalue weighted by Gasteiger charge is -2.43. The molecule has 2 aliphatic rings. The highest BCUT2D eigenvalue weighted by Gasteiger charge is 2.64. The van der Waals surface area contributed by atoms with Gasteiger partial charge in [0.1, 0.15) is 17.5 Å². The van der Waals surface area contributed by atoms with Gasteiger partial charge in [0.05, 0.1) is 0 Å². The second-order valence-electron chi connectivity index (χ2n) is 5.11. The van der Waals surface area contributed by atoms with Crippen LogP contribution in [-0.2, 0) is 19.2 Å². The van der Waals surface area contributed by atoms with Gasteiger partial charge in [-0.2, -0.15) is 0 Å². The molecule has 0 unspecified atom stereocenters. The first-order valence-electron chi connectivity index (χ1n) is 5.71. The van der Waals surface area contributed by atoms with E-state index in [2.05, 4.69) is 5.32 Å². The molecule has 19 heavy (non-hydrogen) atoms. The SMILES string of the molecule is CC(=O)C(=O)N[C@@H]1C(=O)N2[C@@H]1SC(C)(C)[C@@H]2C(=O)O. The molecule has 0 spiro atoms. The van der Waals surface area contributed by atoms with E-state index in [1.807, 2.05) is 0 Å². The normalized spacial score (nSPS) is 31.4. The number of hydrogen-bond donors (Lipinski definition) is 2. The van der Waals surface area contributed by atoms with Gasteiger partial charge in [0, 0.05) is 11.7 Å². The molecule has 0 aromatic heterocycles. The predicted octanol–water partition coefficient (Wildman–Crippen LogP) is -0.793. The van der Waals surface area contributed by atoms with Crippen molar-refractivity contribution in [2.75, 3.05) is 0 Å². The summed E-state index contributed by atoms with van der Waals surface area (Å²) >= 11 is 1.32. The minimum atomic E-state index is -1.07. The van der Waals surface area contributed by atoms with Gasteiger partial charge in [-0.25, -0.2) is 4.79 Å². The second kappa shape index (κ2) is 4.22. The first-order chi connectivity index (χ1) is 8.66. The topological polar surface area (TPSA) is 104 Å². The van der Waals surface area contributed by atoms with Crippen LogP contribution in [0, 0.1) is 0 Å². The highest BCUT2D eigenvalue weighted by Crippen LogP contribution is 2.50. The number of carboxylic acid groups (broad SMARTS) is 1. The number of β-lactam (4-membered cyclic amide) rings is 1. The van der Waals surface area contributed by atoms with Crippen LogP contribution in [-0.4, -0.2) is 55.8 Å². The number of thioether (sulfide) groups is 1. The van der Waals surface area contributed by atoms with Gasteiger partial charge in [-0.3, -0.25) is 14.4 Å². The van der Waals surface area contributed by atoms with Gasteiger partial charge in [-0.1, -0.05) is 0 Å². The average molecular weight is 286 g/mol. The third-order valence-electron chi connectivity index (χ3n) is 3.28. The van der Waals surface area contributed by atoms with Crippen LogP contribution in [0.2, 0.25) is 0 Å². The summed E-state index contributed by atoms with van der Waals surface area (Å²) in [5, 5.41) is 11.1. The molecule has 0 aromatic rings. The van der Waals surface area contributed by atoms with Crippen molar-refractivity contribution in [3.63, 3.8) is 0 Å². The first-order valence-corrected chi connectivity index (χ1v) is 6.59. The van der Waals surface area contributed by atoms with E-state index in [-0.39, 0.29) is 0 Å². The zero-order valence-corrected chi connectivity index (χ0v) is 11.5. The number of nitrogens with zero attached hydrogens (tertiary/aromatic N) is 1. The molecule has 2 fully saturated rings. The fourth-order valence-corrected chi connectivity index (χ4v) is 4.01. The van der Waals surface area contributed by atoms with Crippen molar-refractivity contribution in [3.05, 3.63) is 0 Å². The van der Waals surface area contributed by atoms with Crippen molar-refractivity contribution in [3.8, 4) is 0 Å². The van der Waals surface area contributed by atoms with E-state index in [1.54, 1.807) is 13.8 Å². The molecule has 0 aromatic carbocycles. The van der Waals surface area contributed by atoms with Crippen molar-refractivity contribution in [1.29, 1.82) is 0 Å². The smallest absolute Gasteiger partial charge is 0.327 e. The molecule has 0 radical (unpaired) electrons. The minimum Gasteiger partial charge on any atom is -0.480 e. The molecular formula is C11H14N2O5S. The third-order valence-corrected chi connectivity index (χ3v) is 4.85. The number of Topliss-reactive ketones (excluding diaryl/α,β-unsaturated/α-hetero) is 1. The van der Waals surface area contributed by atoms with E-state index in [1.165, 1.54) is 16.7 Å². The van der Waals surface area contributed by atoms with E-state index in [0.29, 0.717) is 0 Å². The Bertz CT molecular complexity index is 489. The summed E-state index contributed by atoms with van der Waals surface area (Å²) in [5.41, 5.74) is 0. The maximum Gasteiger partial charge on any atom is 0.327 e. The molecule has 0 aliphatic carbocycles. The largest absolute Gasteiger partial charge is 0.480 e. The Labute approximate surface area is 113 Å². The predicted molar refractivity (Wildman–Crippen MR) is 66.3 cm³/mol. The summed E-state index contributed by atoms with van der Waals surface area (Å²) in [6, 6.07) is -1.73. The first kappa shape index (κ1) is 13.9. The number of ketones is 1. The lowest BCUT2D eigenvalue weighted by Crippen LogP contribution is -2.71. The lowest BCUT2D eigenvalue weighted by atomic mass is 9.96. The van der Waals surface area contributed by atoms with E-state index in [4.69, 9.17) is 0 Å². The second-order valence-corrected chi connectivity index (χ2v) is 6.88. The van der Waals surface area contributed by atoms with Crippen LogP contribution in [0.1, 0.15) is 20.8 Å². The number of carbonyl (C=O) groups is 4. The zero-order chi connectivity index (χ0) is 14.5. The lowest BCUT2D eigenvalue weighted by molar-refractivity contribution is -0.161. The van der Waals surface area contributed by atoms with Gasteiger partial charge < -0.3 is 15.3 Å². The molecule has 2 saturated heterocycles. The van der Waals surface area contributed by atoms with Crippen molar-refractivity contribution in [2.45, 2.75) is 43.0 Å². The molecular weight excluding hydrogens is 272 g/mol. The van der Waals surface area contributed by atoms with Crippen LogP contribution < -0.4 is 5.32 Å². The summed E-state index contributed by atoms with van der Waals surface area (Å²) in [7, 11) is 0. The van der Waals surface area contributed by atoms with Crippen LogP contribution in [0.3, 0.4) is 0 Å². The van der Waals surface area contributed by atoms with E-state index < -0.39 is 45.8 Å². The van der Waals surface area contributed by atoms with Gasteiger partial charge in [-0.15, -0.1) is 11.8 Å². The quantitative estimate of drug-likeness (QED) is 0.520. The third kappa shape index (κ3) is 1.99. The minimum absolute atomic E-state index is 0.424. The molecule has 2 N–H and O–H groups in total. The molecule has 8 heteroatoms. The summed E-state index contributed by atoms with van der Waals surface area (Å²) in [6.45, 7) is 4.60. The monoisotopic (exact) mass is 286 g/mol. The molecule has 0 bridgehead atoms. The summed E-state index contributed by atoms with van der Waals surface area (Å²) in [5.74, 6) is -3.02. The van der Waals surface area contributed by atoms with Gasteiger partial charge in [0.2, 0.25) is 11.7 Å². The van der Waals surface area contributed by atoms with Crippen LogP contribution >= 0.6 is 11.8 Å². The fraction of sp³-hybridized carbons (Fsp3) is 0.636. The Kier molecular flexibility index (Phi) is 3.08. The van der Waals surface area contributed by atoms with E-state index in [9.17, 15) is 24.3 Å². The number of amides is 2. The van der Waals surface area contributed by atoms with E-state index in [0.717, 1.165) is 6.92 Å². The number of carboxylic acids is 1. The highest BCUT2D eigenvalue weighted by molar-refractivity contribution is 8.01. The molecule has 0 saturated carbocycles. The number of fused-ring (bicyclic) bond motifs is 1. The number of carbonyl (C=O) groups excluding carboxylic acids is 3. The van der Waals surface area contributed by atoms with Crippen molar-refractivity contribution >= 4 is 35.3 Å². The molecule has 2 amide bonds. The standard InChI is InChI=1S/C11H14N2O5S/c1-4(14)7(15)12-5-8(16)13-6(10(17)18)11(2,3)19-9(5)13/h5-6,9H,1-3H3,(H,12,15)(H,17,18)/t5-,6+,9-/m1/s1. The highest BCUT2D eigenvalue weighted by atomic mass is 32.2. The van der Waals surface area contributed by atoms with Crippen LogP contribution in [0.5, 0.6) is 0 Å². The fourth-order valence-electron chi connectivity index (χ4n) is 2.39. The Hall–Kier alpha value is -1.57. The van der Waals surface area contributed by atoms with Gasteiger partial charge in [0.25, 0.3) is 5.91 Å². The molecule has 104 valence electrons. The summed E-state index contributed by atoms with van der Waals surface area (Å²) in [4.78, 5) is 46.6. The maximum atomic E-state index is 11.9. The van der Waals surface area contributed by atoms with Crippen LogP contribution in [0.25, 0.3) is 0 Å².